The zero-order chi connectivity index (χ0) is 12.9. The zero-order valence-electron chi connectivity index (χ0n) is 8.91. The number of benzene rings is 1. The fraction of sp³-hybridized carbons (Fsp3) is 0.300. The maximum atomic E-state index is 11.6. The zero-order valence-corrected chi connectivity index (χ0v) is 11.2. The summed E-state index contributed by atoms with van der Waals surface area (Å²) in [7, 11) is 1.33. The number of alkyl halides is 3. The average Bonchev–Trinajstić information content (AvgIpc) is 2.25. The fourth-order valence-electron chi connectivity index (χ4n) is 1.08. The second-order valence-corrected chi connectivity index (χ2v) is 5.49. The number of carbonyl (C=O) groups excluding carboxylic acids is 1. The van der Waals surface area contributed by atoms with Gasteiger partial charge in [0.2, 0.25) is 3.79 Å². The van der Waals surface area contributed by atoms with Gasteiger partial charge in [0, 0.05) is 12.8 Å². The molecule has 7 heteroatoms. The Morgan fingerprint density at radius 1 is 1.29 bits per heavy atom. The number of nitrogens with one attached hydrogen (secondary N) is 2. The molecule has 1 aromatic rings. The molecule has 0 bridgehead atoms. The highest BCUT2D eigenvalue weighted by Gasteiger charge is 2.34. The first-order valence-electron chi connectivity index (χ1n) is 4.65. The number of hydrogen-bond donors (Lipinski definition) is 2. The number of carbonyl (C=O) groups is 1. The van der Waals surface area contributed by atoms with Crippen molar-refractivity contribution in [2.45, 2.75) is 10.0 Å². The van der Waals surface area contributed by atoms with Crippen molar-refractivity contribution in [3.63, 3.8) is 0 Å². The Balaban J connectivity index is 2.55. The Bertz CT molecular complexity index is 368. The molecule has 2 N–H and O–H groups in total. The normalized spacial score (nSPS) is 12.9. The van der Waals surface area contributed by atoms with Crippen LogP contribution in [0.3, 0.4) is 0 Å². The minimum atomic E-state index is -1.73. The maximum Gasteiger partial charge on any atom is 0.321 e. The van der Waals surface area contributed by atoms with Gasteiger partial charge in [-0.2, -0.15) is 0 Å². The van der Waals surface area contributed by atoms with Crippen LogP contribution in [0.15, 0.2) is 30.3 Å². The van der Waals surface area contributed by atoms with Crippen molar-refractivity contribution in [2.75, 3.05) is 12.4 Å². The standard InChI is InChI=1S/C10H11Cl3N2O2/c1-17-8(10(11,12)13)15-9(16)14-7-5-3-2-4-6-7/h2-6,8H,1H3,(H2,14,15,16)/t8-/m1/s1. The largest absolute Gasteiger partial charge is 0.357 e. The first-order valence-corrected chi connectivity index (χ1v) is 5.79. The summed E-state index contributed by atoms with van der Waals surface area (Å²) in [6, 6.07) is 8.36. The quantitative estimate of drug-likeness (QED) is 0.665. The number of rotatable bonds is 3. The molecule has 0 heterocycles. The molecular weight excluding hydrogens is 286 g/mol. The number of methoxy groups -OCH3 is 1. The van der Waals surface area contributed by atoms with Gasteiger partial charge in [0.25, 0.3) is 0 Å². The van der Waals surface area contributed by atoms with Gasteiger partial charge in [0.15, 0.2) is 6.23 Å². The Morgan fingerprint density at radius 2 is 1.88 bits per heavy atom. The van der Waals surface area contributed by atoms with E-state index in [9.17, 15) is 4.79 Å². The van der Waals surface area contributed by atoms with E-state index in [4.69, 9.17) is 39.5 Å². The molecule has 0 saturated heterocycles. The Kier molecular flexibility index (Phi) is 5.33. The third-order valence-electron chi connectivity index (χ3n) is 1.83. The summed E-state index contributed by atoms with van der Waals surface area (Å²) < 4.78 is 3.12. The topological polar surface area (TPSA) is 50.4 Å². The second-order valence-electron chi connectivity index (χ2n) is 3.12. The third-order valence-corrected chi connectivity index (χ3v) is 2.42. The molecule has 0 aliphatic carbocycles. The Hall–Kier alpha value is -0.680. The van der Waals surface area contributed by atoms with E-state index < -0.39 is 16.1 Å². The van der Waals surface area contributed by atoms with Gasteiger partial charge >= 0.3 is 6.03 Å². The van der Waals surface area contributed by atoms with Crippen LogP contribution in [0.25, 0.3) is 0 Å². The van der Waals surface area contributed by atoms with E-state index in [0.717, 1.165) is 0 Å². The number of anilines is 1. The molecule has 0 spiro atoms. The van der Waals surface area contributed by atoms with E-state index in [1.807, 2.05) is 6.07 Å². The molecule has 0 radical (unpaired) electrons. The van der Waals surface area contributed by atoms with Crippen molar-refractivity contribution in [3.8, 4) is 0 Å². The van der Waals surface area contributed by atoms with Gasteiger partial charge in [-0.25, -0.2) is 4.79 Å². The van der Waals surface area contributed by atoms with Gasteiger partial charge in [0.05, 0.1) is 0 Å². The molecule has 0 fully saturated rings. The highest BCUT2D eigenvalue weighted by atomic mass is 35.6. The minimum Gasteiger partial charge on any atom is -0.357 e. The number of ether oxygens (including phenoxy) is 1. The summed E-state index contributed by atoms with van der Waals surface area (Å²) >= 11 is 16.8. The molecule has 0 aromatic heterocycles. The molecule has 0 saturated carbocycles. The first-order chi connectivity index (χ1) is 7.93. The molecule has 0 unspecified atom stereocenters. The van der Waals surface area contributed by atoms with Crippen LogP contribution in [0.5, 0.6) is 0 Å². The molecular formula is C10H11Cl3N2O2. The van der Waals surface area contributed by atoms with Crippen molar-refractivity contribution in [1.29, 1.82) is 0 Å². The minimum absolute atomic E-state index is 0.519. The van der Waals surface area contributed by atoms with Crippen LogP contribution in [-0.2, 0) is 4.74 Å². The summed E-state index contributed by atoms with van der Waals surface area (Å²) in [5.74, 6) is 0. The predicted molar refractivity (Wildman–Crippen MR) is 69.7 cm³/mol. The van der Waals surface area contributed by atoms with Gasteiger partial charge in [0.1, 0.15) is 0 Å². The number of urea groups is 1. The molecule has 2 amide bonds. The highest BCUT2D eigenvalue weighted by Crippen LogP contribution is 2.30. The molecule has 0 aliphatic heterocycles. The Morgan fingerprint density at radius 3 is 2.35 bits per heavy atom. The van der Waals surface area contributed by atoms with E-state index in [0.29, 0.717) is 5.69 Å². The molecule has 94 valence electrons. The summed E-state index contributed by atoms with van der Waals surface area (Å²) in [6.45, 7) is 0. The molecule has 17 heavy (non-hydrogen) atoms. The van der Waals surface area contributed by atoms with Crippen molar-refractivity contribution < 1.29 is 9.53 Å². The summed E-state index contributed by atoms with van der Waals surface area (Å²) in [5, 5.41) is 4.96. The van der Waals surface area contributed by atoms with E-state index in [2.05, 4.69) is 10.6 Å². The van der Waals surface area contributed by atoms with Crippen LogP contribution in [-0.4, -0.2) is 23.2 Å². The molecule has 1 aromatic carbocycles. The van der Waals surface area contributed by atoms with Gasteiger partial charge in [-0.1, -0.05) is 53.0 Å². The summed E-state index contributed by atoms with van der Waals surface area (Å²) in [5.41, 5.74) is 0.629. The van der Waals surface area contributed by atoms with E-state index >= 15 is 0 Å². The second kappa shape index (κ2) is 6.31. The maximum absolute atomic E-state index is 11.6. The number of amides is 2. The van der Waals surface area contributed by atoms with Gasteiger partial charge < -0.3 is 15.4 Å². The molecule has 4 nitrogen and oxygen atoms in total. The predicted octanol–water partition coefficient (Wildman–Crippen LogP) is 3.15. The van der Waals surface area contributed by atoms with E-state index in [-0.39, 0.29) is 0 Å². The fourth-order valence-corrected chi connectivity index (χ4v) is 1.51. The van der Waals surface area contributed by atoms with Crippen LogP contribution in [0.1, 0.15) is 0 Å². The molecule has 1 atom stereocenters. The number of halogens is 3. The van der Waals surface area contributed by atoms with Crippen LogP contribution < -0.4 is 10.6 Å². The van der Waals surface area contributed by atoms with Crippen molar-refractivity contribution >= 4 is 46.5 Å². The van der Waals surface area contributed by atoms with Crippen LogP contribution in [0.4, 0.5) is 10.5 Å². The van der Waals surface area contributed by atoms with Gasteiger partial charge in [-0.05, 0) is 12.1 Å². The average molecular weight is 298 g/mol. The van der Waals surface area contributed by atoms with Crippen molar-refractivity contribution in [2.24, 2.45) is 0 Å². The Labute approximate surface area is 114 Å². The van der Waals surface area contributed by atoms with Crippen LogP contribution in [0.2, 0.25) is 0 Å². The molecule has 0 aliphatic rings. The van der Waals surface area contributed by atoms with Crippen molar-refractivity contribution in [3.05, 3.63) is 30.3 Å². The lowest BCUT2D eigenvalue weighted by molar-refractivity contribution is 0.0864. The summed E-state index contributed by atoms with van der Waals surface area (Å²) in [6.07, 6.45) is -1.03. The smallest absolute Gasteiger partial charge is 0.321 e. The van der Waals surface area contributed by atoms with E-state index in [1.165, 1.54) is 7.11 Å². The van der Waals surface area contributed by atoms with Gasteiger partial charge in [-0.3, -0.25) is 0 Å². The monoisotopic (exact) mass is 296 g/mol. The molecule has 1 rings (SSSR count). The SMILES string of the molecule is CO[C@@H](NC(=O)Nc1ccccc1)C(Cl)(Cl)Cl. The lowest BCUT2D eigenvalue weighted by Gasteiger charge is -2.23. The van der Waals surface area contributed by atoms with Gasteiger partial charge in [-0.15, -0.1) is 0 Å². The third kappa shape index (κ3) is 5.00. The number of para-hydroxylation sites is 1. The summed E-state index contributed by atoms with van der Waals surface area (Å²) in [4.78, 5) is 11.6. The highest BCUT2D eigenvalue weighted by molar-refractivity contribution is 6.68. The number of hydrogen-bond acceptors (Lipinski definition) is 2. The van der Waals surface area contributed by atoms with E-state index in [1.54, 1.807) is 24.3 Å². The lowest BCUT2D eigenvalue weighted by atomic mass is 10.3. The van der Waals surface area contributed by atoms with Crippen LogP contribution >= 0.6 is 34.8 Å². The first kappa shape index (κ1) is 14.4. The van der Waals surface area contributed by atoms with Crippen molar-refractivity contribution in [1.82, 2.24) is 5.32 Å². The van der Waals surface area contributed by atoms with Crippen LogP contribution in [0, 0.1) is 0 Å². The lowest BCUT2D eigenvalue weighted by Crippen LogP contribution is -2.46.